The molecular formula is C16H25NO. The van der Waals surface area contributed by atoms with Crippen molar-refractivity contribution in [2.75, 3.05) is 6.54 Å². The summed E-state index contributed by atoms with van der Waals surface area (Å²) in [6.07, 6.45) is 6.53. The second-order valence-corrected chi connectivity index (χ2v) is 5.55. The van der Waals surface area contributed by atoms with Crippen molar-refractivity contribution in [2.45, 2.75) is 51.7 Å². The van der Waals surface area contributed by atoms with E-state index in [0.717, 1.165) is 25.5 Å². The number of rotatable bonds is 5. The first kappa shape index (κ1) is 13.6. The molecule has 18 heavy (non-hydrogen) atoms. The largest absolute Gasteiger partial charge is 0.374 e. The minimum atomic E-state index is 0.477. The van der Waals surface area contributed by atoms with Crippen LogP contribution in [0.25, 0.3) is 0 Å². The Morgan fingerprint density at radius 2 is 1.67 bits per heavy atom. The van der Waals surface area contributed by atoms with Crippen LogP contribution in [0.4, 0.5) is 0 Å². The Balaban J connectivity index is 1.76. The summed E-state index contributed by atoms with van der Waals surface area (Å²) in [6, 6.07) is 8.65. The molecule has 0 aliphatic heterocycles. The molecule has 1 aliphatic rings. The first-order valence-electron chi connectivity index (χ1n) is 7.17. The molecule has 2 nitrogen and oxygen atoms in total. The lowest BCUT2D eigenvalue weighted by atomic mass is 9.89. The molecule has 1 aliphatic carbocycles. The highest BCUT2D eigenvalue weighted by Crippen LogP contribution is 2.26. The van der Waals surface area contributed by atoms with Gasteiger partial charge in [0.25, 0.3) is 0 Å². The van der Waals surface area contributed by atoms with Gasteiger partial charge in [0.2, 0.25) is 0 Å². The van der Waals surface area contributed by atoms with Crippen LogP contribution < -0.4 is 5.73 Å². The number of nitrogens with two attached hydrogens (primary N) is 1. The summed E-state index contributed by atoms with van der Waals surface area (Å²) >= 11 is 0. The first-order valence-corrected chi connectivity index (χ1v) is 7.17. The van der Waals surface area contributed by atoms with E-state index < -0.39 is 0 Å². The Kier molecular flexibility index (Phi) is 5.21. The standard InChI is InChI=1S/C16H25NO/c1-13-2-8-16(9-3-13)18-12-15-6-4-14(5-7-15)10-11-17/h4-7,13,16H,2-3,8-12,17H2,1H3. The topological polar surface area (TPSA) is 35.2 Å². The zero-order valence-electron chi connectivity index (χ0n) is 11.4. The van der Waals surface area contributed by atoms with E-state index >= 15 is 0 Å². The van der Waals surface area contributed by atoms with Crippen LogP contribution in [0, 0.1) is 5.92 Å². The van der Waals surface area contributed by atoms with E-state index in [1.165, 1.54) is 36.8 Å². The maximum Gasteiger partial charge on any atom is 0.0720 e. The van der Waals surface area contributed by atoms with Gasteiger partial charge in [-0.05, 0) is 55.7 Å². The first-order chi connectivity index (χ1) is 8.78. The average Bonchev–Trinajstić information content (AvgIpc) is 2.40. The van der Waals surface area contributed by atoms with Crippen molar-refractivity contribution in [3.63, 3.8) is 0 Å². The van der Waals surface area contributed by atoms with Crippen molar-refractivity contribution in [1.82, 2.24) is 0 Å². The Bertz CT molecular complexity index is 339. The maximum absolute atomic E-state index is 5.99. The Morgan fingerprint density at radius 3 is 2.28 bits per heavy atom. The minimum absolute atomic E-state index is 0.477. The zero-order chi connectivity index (χ0) is 12.8. The van der Waals surface area contributed by atoms with Crippen molar-refractivity contribution >= 4 is 0 Å². The molecule has 1 saturated carbocycles. The molecule has 100 valence electrons. The normalized spacial score (nSPS) is 24.1. The number of benzene rings is 1. The van der Waals surface area contributed by atoms with Crippen molar-refractivity contribution in [2.24, 2.45) is 11.7 Å². The monoisotopic (exact) mass is 247 g/mol. The van der Waals surface area contributed by atoms with Gasteiger partial charge < -0.3 is 10.5 Å². The van der Waals surface area contributed by atoms with Crippen LogP contribution in [0.3, 0.4) is 0 Å². The highest BCUT2D eigenvalue weighted by molar-refractivity contribution is 5.22. The fourth-order valence-corrected chi connectivity index (χ4v) is 2.58. The third-order valence-electron chi connectivity index (χ3n) is 3.90. The van der Waals surface area contributed by atoms with E-state index in [9.17, 15) is 0 Å². The predicted octanol–water partition coefficient (Wildman–Crippen LogP) is 3.28. The van der Waals surface area contributed by atoms with Crippen LogP contribution in [0.1, 0.15) is 43.7 Å². The highest BCUT2D eigenvalue weighted by atomic mass is 16.5. The molecule has 0 saturated heterocycles. The smallest absolute Gasteiger partial charge is 0.0720 e. The molecule has 0 spiro atoms. The van der Waals surface area contributed by atoms with Crippen LogP contribution in [0.5, 0.6) is 0 Å². The van der Waals surface area contributed by atoms with E-state index in [0.29, 0.717) is 6.10 Å². The quantitative estimate of drug-likeness (QED) is 0.866. The second-order valence-electron chi connectivity index (χ2n) is 5.55. The van der Waals surface area contributed by atoms with Crippen molar-refractivity contribution < 1.29 is 4.74 Å². The molecule has 2 heteroatoms. The van der Waals surface area contributed by atoms with E-state index in [1.54, 1.807) is 0 Å². The molecule has 0 radical (unpaired) electrons. The molecule has 2 rings (SSSR count). The van der Waals surface area contributed by atoms with Gasteiger partial charge in [0.05, 0.1) is 12.7 Å². The lowest BCUT2D eigenvalue weighted by Crippen LogP contribution is -2.20. The van der Waals surface area contributed by atoms with E-state index in [4.69, 9.17) is 10.5 Å². The summed E-state index contributed by atoms with van der Waals surface area (Å²) in [5, 5.41) is 0. The summed E-state index contributed by atoms with van der Waals surface area (Å²) in [4.78, 5) is 0. The van der Waals surface area contributed by atoms with Crippen molar-refractivity contribution in [1.29, 1.82) is 0 Å². The molecule has 0 unspecified atom stereocenters. The van der Waals surface area contributed by atoms with Gasteiger partial charge in [0.15, 0.2) is 0 Å². The Hall–Kier alpha value is -0.860. The van der Waals surface area contributed by atoms with Crippen molar-refractivity contribution in [3.8, 4) is 0 Å². The van der Waals surface area contributed by atoms with Crippen LogP contribution >= 0.6 is 0 Å². The summed E-state index contributed by atoms with van der Waals surface area (Å²) in [7, 11) is 0. The van der Waals surface area contributed by atoms with Crippen LogP contribution in [0.15, 0.2) is 24.3 Å². The van der Waals surface area contributed by atoms with Gasteiger partial charge in [0, 0.05) is 0 Å². The third kappa shape index (κ3) is 4.11. The molecule has 1 fully saturated rings. The molecule has 0 aromatic heterocycles. The van der Waals surface area contributed by atoms with Crippen LogP contribution in [-0.2, 0) is 17.8 Å². The fourth-order valence-electron chi connectivity index (χ4n) is 2.58. The third-order valence-corrected chi connectivity index (χ3v) is 3.90. The second kappa shape index (κ2) is 6.91. The lowest BCUT2D eigenvalue weighted by molar-refractivity contribution is 0.00877. The van der Waals surface area contributed by atoms with Crippen LogP contribution in [-0.4, -0.2) is 12.6 Å². The molecule has 1 aromatic carbocycles. The van der Waals surface area contributed by atoms with Crippen molar-refractivity contribution in [3.05, 3.63) is 35.4 Å². The van der Waals surface area contributed by atoms with E-state index in [2.05, 4.69) is 31.2 Å². The summed E-state index contributed by atoms with van der Waals surface area (Å²) in [5.41, 5.74) is 8.13. The van der Waals surface area contributed by atoms with Gasteiger partial charge in [-0.25, -0.2) is 0 Å². The zero-order valence-corrected chi connectivity index (χ0v) is 11.4. The fraction of sp³-hybridized carbons (Fsp3) is 0.625. The summed E-state index contributed by atoms with van der Waals surface area (Å²) in [6.45, 7) is 3.81. The van der Waals surface area contributed by atoms with E-state index in [-0.39, 0.29) is 0 Å². The van der Waals surface area contributed by atoms with Gasteiger partial charge >= 0.3 is 0 Å². The Labute approximate surface area is 111 Å². The minimum Gasteiger partial charge on any atom is -0.374 e. The van der Waals surface area contributed by atoms with E-state index in [1.807, 2.05) is 0 Å². The van der Waals surface area contributed by atoms with Gasteiger partial charge in [-0.1, -0.05) is 31.2 Å². The highest BCUT2D eigenvalue weighted by Gasteiger charge is 2.18. The SMILES string of the molecule is CC1CCC(OCc2ccc(CCN)cc2)CC1. The molecule has 0 amide bonds. The molecule has 0 atom stereocenters. The summed E-state index contributed by atoms with van der Waals surface area (Å²) < 4.78 is 5.99. The number of ether oxygens (including phenoxy) is 1. The molecule has 2 N–H and O–H groups in total. The number of hydrogen-bond donors (Lipinski definition) is 1. The molecule has 1 aromatic rings. The molecule has 0 bridgehead atoms. The number of hydrogen-bond acceptors (Lipinski definition) is 2. The molecule has 0 heterocycles. The predicted molar refractivity (Wildman–Crippen MR) is 75.4 cm³/mol. The summed E-state index contributed by atoms with van der Waals surface area (Å²) in [5.74, 6) is 0.889. The maximum atomic E-state index is 5.99. The van der Waals surface area contributed by atoms with Crippen LogP contribution in [0.2, 0.25) is 0 Å². The van der Waals surface area contributed by atoms with Gasteiger partial charge in [-0.3, -0.25) is 0 Å². The lowest BCUT2D eigenvalue weighted by Gasteiger charge is -2.26. The van der Waals surface area contributed by atoms with Gasteiger partial charge in [0.1, 0.15) is 0 Å². The molecular weight excluding hydrogens is 222 g/mol. The average molecular weight is 247 g/mol. The van der Waals surface area contributed by atoms with Gasteiger partial charge in [-0.2, -0.15) is 0 Å². The Morgan fingerprint density at radius 1 is 1.06 bits per heavy atom. The van der Waals surface area contributed by atoms with Gasteiger partial charge in [-0.15, -0.1) is 0 Å².